The predicted molar refractivity (Wildman–Crippen MR) is 128 cm³/mol. The average Bonchev–Trinajstić information content (AvgIpc) is 3.07. The quantitative estimate of drug-likeness (QED) is 0.473. The molecule has 31 heavy (non-hydrogen) atoms. The standard InChI is InChI=1S/C26H24N2O2S/c29-25-24(17-19-9-12-23(13-10-19)27-14-4-1-5-15-27)31-26(30)28(25)18-20-8-11-21-6-2-3-7-22(21)16-20/h2-3,6-13,16-17H,1,4-5,14-15,18H2/b24-17-. The Morgan fingerprint density at radius 3 is 2.35 bits per heavy atom. The zero-order chi connectivity index (χ0) is 21.2. The van der Waals surface area contributed by atoms with Gasteiger partial charge in [-0.15, -0.1) is 0 Å². The summed E-state index contributed by atoms with van der Waals surface area (Å²) in [6.07, 6.45) is 5.62. The molecule has 0 radical (unpaired) electrons. The molecule has 2 aliphatic heterocycles. The summed E-state index contributed by atoms with van der Waals surface area (Å²) >= 11 is 1.02. The Morgan fingerprint density at radius 1 is 0.839 bits per heavy atom. The van der Waals surface area contributed by atoms with E-state index in [4.69, 9.17) is 0 Å². The maximum atomic E-state index is 12.9. The maximum Gasteiger partial charge on any atom is 0.293 e. The first-order valence-corrected chi connectivity index (χ1v) is 11.6. The molecule has 2 saturated heterocycles. The topological polar surface area (TPSA) is 40.6 Å². The minimum absolute atomic E-state index is 0.214. The third-order valence-electron chi connectivity index (χ3n) is 5.94. The van der Waals surface area contributed by atoms with Crippen molar-refractivity contribution < 1.29 is 9.59 Å². The smallest absolute Gasteiger partial charge is 0.293 e. The van der Waals surface area contributed by atoms with Crippen LogP contribution in [0, 0.1) is 0 Å². The van der Waals surface area contributed by atoms with Gasteiger partial charge in [-0.25, -0.2) is 0 Å². The van der Waals surface area contributed by atoms with Crippen molar-refractivity contribution in [1.82, 2.24) is 4.90 Å². The fraction of sp³-hybridized carbons (Fsp3) is 0.231. The number of rotatable bonds is 4. The van der Waals surface area contributed by atoms with Crippen LogP contribution in [0.5, 0.6) is 0 Å². The Morgan fingerprint density at radius 2 is 1.58 bits per heavy atom. The number of thioether (sulfide) groups is 1. The van der Waals surface area contributed by atoms with Gasteiger partial charge in [0.05, 0.1) is 11.4 Å². The van der Waals surface area contributed by atoms with Crippen molar-refractivity contribution in [2.75, 3.05) is 18.0 Å². The van der Waals surface area contributed by atoms with E-state index in [1.807, 2.05) is 54.6 Å². The first-order chi connectivity index (χ1) is 15.2. The number of hydrogen-bond donors (Lipinski definition) is 0. The lowest BCUT2D eigenvalue weighted by Crippen LogP contribution is -2.29. The van der Waals surface area contributed by atoms with Crippen molar-refractivity contribution in [2.45, 2.75) is 25.8 Å². The van der Waals surface area contributed by atoms with Crippen LogP contribution in [0.3, 0.4) is 0 Å². The van der Waals surface area contributed by atoms with Gasteiger partial charge >= 0.3 is 0 Å². The van der Waals surface area contributed by atoms with E-state index in [2.05, 4.69) is 23.1 Å². The van der Waals surface area contributed by atoms with E-state index in [9.17, 15) is 9.59 Å². The van der Waals surface area contributed by atoms with E-state index in [1.165, 1.54) is 29.8 Å². The van der Waals surface area contributed by atoms with Gasteiger partial charge in [-0.3, -0.25) is 14.5 Å². The predicted octanol–water partition coefficient (Wildman–Crippen LogP) is 6.07. The van der Waals surface area contributed by atoms with Crippen molar-refractivity contribution in [1.29, 1.82) is 0 Å². The van der Waals surface area contributed by atoms with Crippen molar-refractivity contribution >= 4 is 45.4 Å². The van der Waals surface area contributed by atoms with Crippen molar-refractivity contribution in [3.63, 3.8) is 0 Å². The number of anilines is 1. The monoisotopic (exact) mass is 428 g/mol. The molecule has 5 rings (SSSR count). The molecule has 156 valence electrons. The number of piperidine rings is 1. The second-order valence-electron chi connectivity index (χ2n) is 8.09. The van der Waals surface area contributed by atoms with Gasteiger partial charge in [-0.05, 0) is 77.2 Å². The number of amides is 2. The maximum absolute atomic E-state index is 12.9. The Hall–Kier alpha value is -3.05. The molecule has 0 atom stereocenters. The normalized spacial score (nSPS) is 18.4. The lowest BCUT2D eigenvalue weighted by Gasteiger charge is -2.28. The molecule has 4 nitrogen and oxygen atoms in total. The average molecular weight is 429 g/mol. The van der Waals surface area contributed by atoms with Gasteiger partial charge in [0.1, 0.15) is 0 Å². The van der Waals surface area contributed by atoms with Crippen molar-refractivity contribution in [3.05, 3.63) is 82.8 Å². The number of carbonyl (C=O) groups excluding carboxylic acids is 2. The van der Waals surface area contributed by atoms with Crippen LogP contribution in [-0.4, -0.2) is 29.1 Å². The van der Waals surface area contributed by atoms with Gasteiger partial charge in [0.15, 0.2) is 0 Å². The van der Waals surface area contributed by atoms with Gasteiger partial charge in [0.2, 0.25) is 0 Å². The van der Waals surface area contributed by atoms with Crippen LogP contribution in [0.1, 0.15) is 30.4 Å². The molecule has 0 saturated carbocycles. The Kier molecular flexibility index (Phi) is 5.51. The highest BCUT2D eigenvalue weighted by Gasteiger charge is 2.35. The Labute approximate surface area is 186 Å². The van der Waals surface area contributed by atoms with Crippen molar-refractivity contribution in [3.8, 4) is 0 Å². The molecule has 3 aromatic rings. The number of imide groups is 1. The Bertz CT molecular complexity index is 1160. The highest BCUT2D eigenvalue weighted by Crippen LogP contribution is 2.34. The molecule has 0 aromatic heterocycles. The summed E-state index contributed by atoms with van der Waals surface area (Å²) in [4.78, 5) is 29.7. The van der Waals surface area contributed by atoms with Gasteiger partial charge < -0.3 is 4.90 Å². The molecule has 0 aliphatic carbocycles. The van der Waals surface area contributed by atoms with E-state index in [0.717, 1.165) is 46.8 Å². The molecule has 2 heterocycles. The van der Waals surface area contributed by atoms with Gasteiger partial charge in [0.25, 0.3) is 11.1 Å². The second kappa shape index (κ2) is 8.60. The minimum Gasteiger partial charge on any atom is -0.372 e. The largest absolute Gasteiger partial charge is 0.372 e. The molecule has 0 bridgehead atoms. The third kappa shape index (κ3) is 4.23. The van der Waals surface area contributed by atoms with Gasteiger partial charge in [-0.2, -0.15) is 0 Å². The Balaban J connectivity index is 1.31. The summed E-state index contributed by atoms with van der Waals surface area (Å²) < 4.78 is 0. The molecular weight excluding hydrogens is 404 g/mol. The first kappa shape index (κ1) is 19.9. The molecule has 2 aliphatic rings. The fourth-order valence-electron chi connectivity index (χ4n) is 4.24. The number of carbonyl (C=O) groups is 2. The van der Waals surface area contributed by atoms with E-state index in [0.29, 0.717) is 11.4 Å². The third-order valence-corrected chi connectivity index (χ3v) is 6.85. The molecule has 2 fully saturated rings. The summed E-state index contributed by atoms with van der Waals surface area (Å²) in [6.45, 7) is 2.50. The number of fused-ring (bicyclic) bond motifs is 1. The van der Waals surface area contributed by atoms with Gasteiger partial charge in [-0.1, -0.05) is 48.5 Å². The van der Waals surface area contributed by atoms with E-state index < -0.39 is 0 Å². The van der Waals surface area contributed by atoms with E-state index in [-0.39, 0.29) is 11.1 Å². The summed E-state index contributed by atoms with van der Waals surface area (Å²) in [5.74, 6) is -0.219. The van der Waals surface area contributed by atoms with E-state index in [1.54, 1.807) is 0 Å². The van der Waals surface area contributed by atoms with Crippen LogP contribution in [-0.2, 0) is 11.3 Å². The number of benzene rings is 3. The molecule has 3 aromatic carbocycles. The SMILES string of the molecule is O=C1S/C(=C\c2ccc(N3CCCCC3)cc2)C(=O)N1Cc1ccc2ccccc2c1. The summed E-state index contributed by atoms with van der Waals surface area (Å²) in [5, 5.41) is 2.04. The van der Waals surface area contributed by atoms with Crippen molar-refractivity contribution in [2.24, 2.45) is 0 Å². The zero-order valence-corrected chi connectivity index (χ0v) is 18.1. The lowest BCUT2D eigenvalue weighted by atomic mass is 10.1. The molecule has 0 unspecified atom stereocenters. The molecule has 0 spiro atoms. The highest BCUT2D eigenvalue weighted by atomic mass is 32.2. The van der Waals surface area contributed by atoms with E-state index >= 15 is 0 Å². The second-order valence-corrected chi connectivity index (χ2v) is 9.08. The zero-order valence-electron chi connectivity index (χ0n) is 17.3. The molecule has 5 heteroatoms. The van der Waals surface area contributed by atoms with Crippen LogP contribution >= 0.6 is 11.8 Å². The molecule has 2 amide bonds. The van der Waals surface area contributed by atoms with Crippen LogP contribution in [0.4, 0.5) is 10.5 Å². The van der Waals surface area contributed by atoms with Crippen LogP contribution in [0.2, 0.25) is 0 Å². The summed E-state index contributed by atoms with van der Waals surface area (Å²) in [5.41, 5.74) is 3.12. The van der Waals surface area contributed by atoms with Crippen LogP contribution < -0.4 is 4.90 Å². The summed E-state index contributed by atoms with van der Waals surface area (Å²) in [7, 11) is 0. The highest BCUT2D eigenvalue weighted by molar-refractivity contribution is 8.18. The molecule has 0 N–H and O–H groups in total. The first-order valence-electron chi connectivity index (χ1n) is 10.8. The summed E-state index contributed by atoms with van der Waals surface area (Å²) in [6, 6.07) is 22.4. The van der Waals surface area contributed by atoms with Gasteiger partial charge in [0, 0.05) is 18.8 Å². The lowest BCUT2D eigenvalue weighted by molar-refractivity contribution is -0.123. The number of nitrogens with zero attached hydrogens (tertiary/aromatic N) is 2. The molecular formula is C26H24N2O2S. The number of hydrogen-bond acceptors (Lipinski definition) is 4. The van der Waals surface area contributed by atoms with Crippen LogP contribution in [0.15, 0.2) is 71.6 Å². The fourth-order valence-corrected chi connectivity index (χ4v) is 5.08. The van der Waals surface area contributed by atoms with Crippen LogP contribution in [0.25, 0.3) is 16.8 Å². The minimum atomic E-state index is -0.219.